The topological polar surface area (TPSA) is 84.2 Å². The maximum atomic E-state index is 11.6. The fourth-order valence-corrected chi connectivity index (χ4v) is 1.49. The molecule has 0 spiro atoms. The number of carbonyl (C=O) groups excluding carboxylic acids is 2. The van der Waals surface area contributed by atoms with Gasteiger partial charge in [-0.25, -0.2) is 0 Å². The number of aryl methyl sites for hydroxylation is 1. The molecule has 2 rings (SSSR count). The summed E-state index contributed by atoms with van der Waals surface area (Å²) in [7, 11) is 0. The number of carbonyl (C=O) groups is 2. The van der Waals surface area contributed by atoms with Crippen molar-refractivity contribution >= 4 is 23.2 Å². The molecule has 5 heteroatoms. The third-order valence-electron chi connectivity index (χ3n) is 2.38. The van der Waals surface area contributed by atoms with Gasteiger partial charge in [-0.05, 0) is 18.6 Å². The van der Waals surface area contributed by atoms with Crippen LogP contribution >= 0.6 is 0 Å². The Morgan fingerprint density at radius 1 is 1.33 bits per heavy atom. The number of amides is 2. The van der Waals surface area contributed by atoms with Crippen molar-refractivity contribution in [3.63, 3.8) is 0 Å². The third-order valence-corrected chi connectivity index (χ3v) is 2.38. The van der Waals surface area contributed by atoms with Gasteiger partial charge in [-0.3, -0.25) is 9.59 Å². The van der Waals surface area contributed by atoms with Crippen LogP contribution in [0.1, 0.15) is 15.9 Å². The third kappa shape index (κ3) is 1.52. The number of hydrogen-bond donors (Lipinski definition) is 3. The fraction of sp³-hybridized carbons (Fsp3) is 0.200. The smallest absolute Gasteiger partial charge is 0.253 e. The molecule has 5 nitrogen and oxygen atoms in total. The van der Waals surface area contributed by atoms with Crippen molar-refractivity contribution in [2.75, 3.05) is 17.6 Å². The quantitative estimate of drug-likeness (QED) is 0.531. The zero-order valence-corrected chi connectivity index (χ0v) is 8.26. The van der Waals surface area contributed by atoms with E-state index < -0.39 is 0 Å². The summed E-state index contributed by atoms with van der Waals surface area (Å²) in [5.41, 5.74) is 7.90. The minimum absolute atomic E-state index is 0.0218. The maximum absolute atomic E-state index is 11.6. The van der Waals surface area contributed by atoms with Crippen molar-refractivity contribution in [3.05, 3.63) is 23.3 Å². The molecule has 1 aromatic rings. The van der Waals surface area contributed by atoms with Gasteiger partial charge in [0.25, 0.3) is 5.91 Å². The second-order valence-corrected chi connectivity index (χ2v) is 3.45. The molecule has 78 valence electrons. The predicted molar refractivity (Wildman–Crippen MR) is 56.6 cm³/mol. The first-order valence-corrected chi connectivity index (χ1v) is 4.56. The van der Waals surface area contributed by atoms with Crippen LogP contribution in [0.15, 0.2) is 12.1 Å². The Kier molecular flexibility index (Phi) is 2.07. The van der Waals surface area contributed by atoms with Gasteiger partial charge in [0, 0.05) is 0 Å². The van der Waals surface area contributed by atoms with Crippen molar-refractivity contribution in [3.8, 4) is 0 Å². The standard InChI is InChI=1S/C10H11N3O2/c1-5-2-3-6-9(8(5)11)13-7(14)4-12-10(6)15/h2-3H,4,11H2,1H3,(H,12,15)(H,13,14). The highest BCUT2D eigenvalue weighted by Gasteiger charge is 2.21. The van der Waals surface area contributed by atoms with Gasteiger partial charge in [0.1, 0.15) is 0 Å². The van der Waals surface area contributed by atoms with Gasteiger partial charge in [0.15, 0.2) is 0 Å². The van der Waals surface area contributed by atoms with E-state index in [-0.39, 0.29) is 18.4 Å². The van der Waals surface area contributed by atoms with Crippen LogP contribution in [0.25, 0.3) is 0 Å². The molecule has 0 radical (unpaired) electrons. The van der Waals surface area contributed by atoms with E-state index in [1.807, 2.05) is 6.92 Å². The van der Waals surface area contributed by atoms with Gasteiger partial charge in [-0.15, -0.1) is 0 Å². The number of nitrogens with one attached hydrogen (secondary N) is 2. The van der Waals surface area contributed by atoms with E-state index in [1.165, 1.54) is 0 Å². The van der Waals surface area contributed by atoms with Crippen molar-refractivity contribution in [2.24, 2.45) is 0 Å². The molecular weight excluding hydrogens is 194 g/mol. The van der Waals surface area contributed by atoms with Crippen molar-refractivity contribution in [1.29, 1.82) is 0 Å². The normalized spacial score (nSPS) is 15.0. The van der Waals surface area contributed by atoms with Crippen LogP contribution < -0.4 is 16.4 Å². The van der Waals surface area contributed by atoms with Gasteiger partial charge < -0.3 is 16.4 Å². The van der Waals surface area contributed by atoms with Crippen LogP contribution in [0.4, 0.5) is 11.4 Å². The summed E-state index contributed by atoms with van der Waals surface area (Å²) in [6, 6.07) is 3.41. The zero-order valence-electron chi connectivity index (χ0n) is 8.26. The Hall–Kier alpha value is -2.04. The van der Waals surface area contributed by atoms with E-state index in [9.17, 15) is 9.59 Å². The first-order valence-electron chi connectivity index (χ1n) is 4.56. The molecule has 1 aliphatic heterocycles. The average molecular weight is 205 g/mol. The molecule has 0 unspecified atom stereocenters. The number of nitrogens with two attached hydrogens (primary N) is 1. The first-order chi connectivity index (χ1) is 7.09. The molecule has 0 saturated carbocycles. The molecule has 0 aromatic heterocycles. The Balaban J connectivity index is 2.62. The van der Waals surface area contributed by atoms with Crippen molar-refractivity contribution in [2.45, 2.75) is 6.92 Å². The first kappa shape index (κ1) is 9.51. The Morgan fingerprint density at radius 3 is 2.80 bits per heavy atom. The van der Waals surface area contributed by atoms with Crippen molar-refractivity contribution < 1.29 is 9.59 Å². The van der Waals surface area contributed by atoms with Gasteiger partial charge in [-0.2, -0.15) is 0 Å². The van der Waals surface area contributed by atoms with Gasteiger partial charge in [0.2, 0.25) is 5.91 Å². The maximum Gasteiger partial charge on any atom is 0.253 e. The van der Waals surface area contributed by atoms with Gasteiger partial charge in [-0.1, -0.05) is 6.07 Å². The number of rotatable bonds is 0. The minimum Gasteiger partial charge on any atom is -0.397 e. The number of benzene rings is 1. The minimum atomic E-state index is -0.282. The summed E-state index contributed by atoms with van der Waals surface area (Å²) in [5.74, 6) is -0.547. The van der Waals surface area contributed by atoms with Crippen LogP contribution in [-0.4, -0.2) is 18.4 Å². The van der Waals surface area contributed by atoms with E-state index in [2.05, 4.69) is 10.6 Å². The Bertz CT molecular complexity index is 454. The second-order valence-electron chi connectivity index (χ2n) is 3.45. The van der Waals surface area contributed by atoms with Gasteiger partial charge >= 0.3 is 0 Å². The fourth-order valence-electron chi connectivity index (χ4n) is 1.49. The van der Waals surface area contributed by atoms with Crippen molar-refractivity contribution in [1.82, 2.24) is 5.32 Å². The largest absolute Gasteiger partial charge is 0.397 e. The lowest BCUT2D eigenvalue weighted by atomic mass is 10.1. The van der Waals surface area contributed by atoms with Crippen LogP contribution in [0.5, 0.6) is 0 Å². The lowest BCUT2D eigenvalue weighted by Crippen LogP contribution is -2.28. The molecule has 1 aliphatic rings. The summed E-state index contributed by atoms with van der Waals surface area (Å²) >= 11 is 0. The van der Waals surface area contributed by atoms with Crippen LogP contribution in [0, 0.1) is 6.92 Å². The Labute approximate surface area is 86.6 Å². The second kappa shape index (κ2) is 3.27. The van der Waals surface area contributed by atoms with E-state index in [0.29, 0.717) is 16.9 Å². The summed E-state index contributed by atoms with van der Waals surface area (Å²) in [5, 5.41) is 5.11. The van der Waals surface area contributed by atoms with Crippen LogP contribution in [-0.2, 0) is 4.79 Å². The average Bonchev–Trinajstić information content (AvgIpc) is 2.34. The molecule has 0 atom stereocenters. The summed E-state index contributed by atoms with van der Waals surface area (Å²) in [6.45, 7) is 1.80. The molecule has 0 bridgehead atoms. The number of hydrogen-bond acceptors (Lipinski definition) is 3. The Morgan fingerprint density at radius 2 is 2.07 bits per heavy atom. The molecule has 0 fully saturated rings. The molecule has 15 heavy (non-hydrogen) atoms. The molecule has 4 N–H and O–H groups in total. The molecule has 1 aromatic carbocycles. The van der Waals surface area contributed by atoms with E-state index in [1.54, 1.807) is 12.1 Å². The molecule has 2 amide bonds. The van der Waals surface area contributed by atoms with Crippen LogP contribution in [0.2, 0.25) is 0 Å². The summed E-state index contributed by atoms with van der Waals surface area (Å²) < 4.78 is 0. The van der Waals surface area contributed by atoms with Crippen LogP contribution in [0.3, 0.4) is 0 Å². The SMILES string of the molecule is Cc1ccc2c(c1N)NC(=O)CNC2=O. The highest BCUT2D eigenvalue weighted by molar-refractivity contribution is 6.11. The molecule has 0 aliphatic carbocycles. The summed E-state index contributed by atoms with van der Waals surface area (Å²) in [4.78, 5) is 22.8. The number of anilines is 2. The molecule has 1 heterocycles. The van der Waals surface area contributed by atoms with E-state index in [0.717, 1.165) is 5.56 Å². The monoisotopic (exact) mass is 205 g/mol. The van der Waals surface area contributed by atoms with E-state index >= 15 is 0 Å². The number of fused-ring (bicyclic) bond motifs is 1. The molecule has 0 saturated heterocycles. The van der Waals surface area contributed by atoms with Gasteiger partial charge in [0.05, 0.1) is 23.5 Å². The predicted octanol–water partition coefficient (Wildman–Crippen LogP) is 0.259. The highest BCUT2D eigenvalue weighted by Crippen LogP contribution is 2.27. The molecular formula is C10H11N3O2. The van der Waals surface area contributed by atoms with E-state index in [4.69, 9.17) is 5.73 Å². The lowest BCUT2D eigenvalue weighted by molar-refractivity contribution is -0.115. The number of nitrogen functional groups attached to an aromatic ring is 1. The summed E-state index contributed by atoms with van der Waals surface area (Å²) in [6.07, 6.45) is 0. The lowest BCUT2D eigenvalue weighted by Gasteiger charge is -2.10. The zero-order chi connectivity index (χ0) is 11.0. The highest BCUT2D eigenvalue weighted by atomic mass is 16.2.